The van der Waals surface area contributed by atoms with E-state index in [0.29, 0.717) is 12.8 Å². The van der Waals surface area contributed by atoms with Crippen molar-refractivity contribution in [3.05, 3.63) is 48.3 Å². The molecule has 0 N–H and O–H groups in total. The average Bonchev–Trinajstić information content (AvgIpc) is 2.93. The van der Waals surface area contributed by atoms with Crippen LogP contribution in [-0.2, 0) is 15.8 Å². The lowest BCUT2D eigenvalue weighted by molar-refractivity contribution is -0.0588. The van der Waals surface area contributed by atoms with E-state index in [1.807, 2.05) is 6.07 Å². The minimum absolute atomic E-state index is 0.0880. The van der Waals surface area contributed by atoms with E-state index in [4.69, 9.17) is 9.16 Å². The Balaban J connectivity index is 1.77. The van der Waals surface area contributed by atoms with Crippen LogP contribution in [-0.4, -0.2) is 44.4 Å². The lowest BCUT2D eigenvalue weighted by atomic mass is 9.93. The molecule has 0 saturated heterocycles. The highest BCUT2D eigenvalue weighted by atomic mass is 28.3. The van der Waals surface area contributed by atoms with Crippen LogP contribution in [0.15, 0.2) is 42.7 Å². The molecule has 0 spiro atoms. The van der Waals surface area contributed by atoms with Gasteiger partial charge in [0.05, 0.1) is 6.61 Å². The maximum absolute atomic E-state index is 6.37. The number of hydrogen-bond donors (Lipinski definition) is 0. The molecule has 4 nitrogen and oxygen atoms in total. The van der Waals surface area contributed by atoms with Gasteiger partial charge < -0.3 is 19.0 Å². The lowest BCUT2D eigenvalue weighted by Crippen LogP contribution is -2.50. The second-order valence-corrected chi connectivity index (χ2v) is 10.8. The minimum atomic E-state index is -1.11. The maximum Gasteiger partial charge on any atom is 0.173 e. The summed E-state index contributed by atoms with van der Waals surface area (Å²) in [5.74, 6) is 0. The van der Waals surface area contributed by atoms with Gasteiger partial charge in [-0.3, -0.25) is 0 Å². The lowest BCUT2D eigenvalue weighted by Gasteiger charge is -2.43. The van der Waals surface area contributed by atoms with E-state index in [1.165, 1.54) is 5.56 Å². The third-order valence-corrected chi connectivity index (χ3v) is 5.37. The van der Waals surface area contributed by atoms with Crippen LogP contribution >= 0.6 is 0 Å². The first-order valence-electron chi connectivity index (χ1n) is 9.77. The second-order valence-electron chi connectivity index (χ2n) is 8.41. The van der Waals surface area contributed by atoms with Crippen LogP contribution in [0.2, 0.25) is 13.1 Å². The smallest absolute Gasteiger partial charge is 0.173 e. The average molecular weight is 377 g/mol. The molecule has 1 aliphatic heterocycles. The predicted octanol–water partition coefficient (Wildman–Crippen LogP) is 4.40. The van der Waals surface area contributed by atoms with Gasteiger partial charge >= 0.3 is 0 Å². The monoisotopic (exact) mass is 376 g/mol. The van der Waals surface area contributed by atoms with Crippen molar-refractivity contribution in [2.45, 2.75) is 66.2 Å². The molecule has 2 atom stereocenters. The summed E-state index contributed by atoms with van der Waals surface area (Å²) in [4.78, 5) is 4.76. The Morgan fingerprint density at radius 1 is 1.12 bits per heavy atom. The van der Waals surface area contributed by atoms with Crippen LogP contribution in [0.1, 0.15) is 39.7 Å². The fraction of sp³-hybridized carbons (Fsp3) is 0.619. The van der Waals surface area contributed by atoms with Crippen molar-refractivity contribution in [1.82, 2.24) is 9.80 Å². The quantitative estimate of drug-likeness (QED) is 0.471. The van der Waals surface area contributed by atoms with Crippen molar-refractivity contribution >= 4 is 9.04 Å². The minimum Gasteiger partial charge on any atom is -0.400 e. The number of hydrogen-bond acceptors (Lipinski definition) is 4. The molecule has 0 aromatic heterocycles. The van der Waals surface area contributed by atoms with E-state index in [-0.39, 0.29) is 11.6 Å². The highest BCUT2D eigenvalue weighted by Crippen LogP contribution is 2.31. The van der Waals surface area contributed by atoms with Crippen molar-refractivity contribution in [2.24, 2.45) is 5.41 Å². The Kier molecular flexibility index (Phi) is 7.74. The van der Waals surface area contributed by atoms with Gasteiger partial charge in [-0.25, -0.2) is 0 Å². The van der Waals surface area contributed by atoms with E-state index in [2.05, 4.69) is 87.3 Å². The summed E-state index contributed by atoms with van der Waals surface area (Å²) in [6.45, 7) is 16.0. The number of benzene rings is 1. The second kappa shape index (κ2) is 9.58. The molecule has 2 unspecified atom stereocenters. The Morgan fingerprint density at radius 3 is 2.42 bits per heavy atom. The van der Waals surface area contributed by atoms with Gasteiger partial charge in [0.15, 0.2) is 9.04 Å². The molecule has 146 valence electrons. The zero-order valence-corrected chi connectivity index (χ0v) is 18.5. The molecule has 0 amide bonds. The molecule has 26 heavy (non-hydrogen) atoms. The third-order valence-electron chi connectivity index (χ3n) is 4.57. The first-order chi connectivity index (χ1) is 12.3. The highest BCUT2D eigenvalue weighted by Gasteiger charge is 2.36. The maximum atomic E-state index is 6.37. The summed E-state index contributed by atoms with van der Waals surface area (Å²) >= 11 is 0. The first kappa shape index (κ1) is 21.0. The Morgan fingerprint density at radius 2 is 1.81 bits per heavy atom. The standard InChI is InChI=1S/C21H36N2O2Si/c1-18-22(13-10-16-24-17-19-11-8-7-9-12-19)14-15-23(18)20(21(2,3)4)25-26(5)6/h7-9,11-12,14-15,18,20,26H,10,13,16-17H2,1-6H3. The van der Waals surface area contributed by atoms with Gasteiger partial charge in [-0.2, -0.15) is 0 Å². The summed E-state index contributed by atoms with van der Waals surface area (Å²) in [6.07, 6.45) is 5.87. The molecule has 0 bridgehead atoms. The molecule has 2 rings (SSSR count). The summed E-state index contributed by atoms with van der Waals surface area (Å²) < 4.78 is 12.2. The Labute approximate surface area is 161 Å². The summed E-state index contributed by atoms with van der Waals surface area (Å²) in [7, 11) is -1.11. The van der Waals surface area contributed by atoms with Crippen LogP contribution in [0.3, 0.4) is 0 Å². The summed E-state index contributed by atoms with van der Waals surface area (Å²) in [5, 5.41) is 0. The molecule has 1 heterocycles. The molecule has 1 aromatic rings. The third kappa shape index (κ3) is 6.15. The van der Waals surface area contributed by atoms with Crippen molar-refractivity contribution < 1.29 is 9.16 Å². The van der Waals surface area contributed by atoms with E-state index in [0.717, 1.165) is 19.6 Å². The van der Waals surface area contributed by atoms with Crippen molar-refractivity contribution in [3.8, 4) is 0 Å². The van der Waals surface area contributed by atoms with Gasteiger partial charge in [0.1, 0.15) is 12.4 Å². The molecule has 1 aliphatic rings. The Hall–Kier alpha value is -1.30. The van der Waals surface area contributed by atoms with Gasteiger partial charge in [-0.15, -0.1) is 0 Å². The number of rotatable bonds is 9. The molecule has 0 radical (unpaired) electrons. The predicted molar refractivity (Wildman–Crippen MR) is 111 cm³/mol. The zero-order chi connectivity index (χ0) is 19.2. The molecular formula is C21H36N2O2Si. The van der Waals surface area contributed by atoms with Gasteiger partial charge in [0, 0.05) is 31.0 Å². The van der Waals surface area contributed by atoms with Crippen LogP contribution in [0, 0.1) is 5.41 Å². The largest absolute Gasteiger partial charge is 0.400 e. The van der Waals surface area contributed by atoms with E-state index in [9.17, 15) is 0 Å². The number of nitrogens with zero attached hydrogens (tertiary/aromatic N) is 2. The van der Waals surface area contributed by atoms with E-state index in [1.54, 1.807) is 0 Å². The zero-order valence-electron chi connectivity index (χ0n) is 17.3. The SMILES string of the molecule is CC1N(CCCOCc2ccccc2)C=CN1C(O[SiH](C)C)C(C)(C)C. The van der Waals surface area contributed by atoms with Crippen molar-refractivity contribution in [3.63, 3.8) is 0 Å². The molecule has 0 aliphatic carbocycles. The fourth-order valence-corrected chi connectivity index (χ4v) is 4.28. The van der Waals surface area contributed by atoms with Gasteiger partial charge in [-0.05, 0) is 32.0 Å². The molecule has 0 saturated carbocycles. The molecule has 0 fully saturated rings. The van der Waals surface area contributed by atoms with E-state index >= 15 is 0 Å². The van der Waals surface area contributed by atoms with Crippen LogP contribution in [0.4, 0.5) is 0 Å². The van der Waals surface area contributed by atoms with Crippen LogP contribution in [0.25, 0.3) is 0 Å². The normalized spacial score (nSPS) is 18.8. The Bertz CT molecular complexity index is 557. The van der Waals surface area contributed by atoms with Gasteiger partial charge in [-0.1, -0.05) is 51.1 Å². The molecule has 1 aromatic carbocycles. The van der Waals surface area contributed by atoms with Gasteiger partial charge in [0.2, 0.25) is 0 Å². The first-order valence-corrected chi connectivity index (χ1v) is 12.6. The summed E-state index contributed by atoms with van der Waals surface area (Å²) in [6, 6.07) is 10.4. The van der Waals surface area contributed by atoms with Crippen LogP contribution < -0.4 is 0 Å². The molecular weight excluding hydrogens is 340 g/mol. The summed E-state index contributed by atoms with van der Waals surface area (Å²) in [5.41, 5.74) is 1.32. The highest BCUT2D eigenvalue weighted by molar-refractivity contribution is 6.48. The number of ether oxygens (including phenoxy) is 1. The molecule has 5 heteroatoms. The topological polar surface area (TPSA) is 24.9 Å². The van der Waals surface area contributed by atoms with Crippen molar-refractivity contribution in [2.75, 3.05) is 13.2 Å². The van der Waals surface area contributed by atoms with Crippen LogP contribution in [0.5, 0.6) is 0 Å². The fourth-order valence-electron chi connectivity index (χ4n) is 3.21. The van der Waals surface area contributed by atoms with Gasteiger partial charge in [0.25, 0.3) is 0 Å². The van der Waals surface area contributed by atoms with E-state index < -0.39 is 9.04 Å². The van der Waals surface area contributed by atoms with Crippen molar-refractivity contribution in [1.29, 1.82) is 0 Å².